The predicted molar refractivity (Wildman–Crippen MR) is 142 cm³/mol. The normalized spacial score (nSPS) is 16.7. The SMILES string of the molecule is CC(=O)N1CC2=C(C1=O)C(c1ccc(OCc3ccccn3)cc1)c1cn(C(C)C)c3cccc(c13)N2. The molecule has 2 aromatic carbocycles. The number of amides is 2. The van der Waals surface area contributed by atoms with Crippen molar-refractivity contribution in [2.45, 2.75) is 39.3 Å². The summed E-state index contributed by atoms with van der Waals surface area (Å²) in [6.07, 6.45) is 3.91. The van der Waals surface area contributed by atoms with Gasteiger partial charge in [0, 0.05) is 48.0 Å². The third-order valence-electron chi connectivity index (χ3n) is 7.15. The van der Waals surface area contributed by atoms with Crippen LogP contribution in [0.4, 0.5) is 5.69 Å². The highest BCUT2D eigenvalue weighted by atomic mass is 16.5. The quantitative estimate of drug-likeness (QED) is 0.404. The third kappa shape index (κ3) is 3.87. The van der Waals surface area contributed by atoms with Crippen LogP contribution in [-0.2, 0) is 16.2 Å². The molecular formula is C30H28N4O3. The highest BCUT2D eigenvalue weighted by molar-refractivity contribution is 6.11. The average molecular weight is 493 g/mol. The van der Waals surface area contributed by atoms with Gasteiger partial charge in [0.05, 0.1) is 23.3 Å². The summed E-state index contributed by atoms with van der Waals surface area (Å²) in [5.74, 6) is -0.0945. The van der Waals surface area contributed by atoms with Gasteiger partial charge in [-0.3, -0.25) is 19.5 Å². The van der Waals surface area contributed by atoms with Crippen LogP contribution in [0.2, 0.25) is 0 Å². The molecule has 1 atom stereocenters. The highest BCUT2D eigenvalue weighted by Crippen LogP contribution is 2.47. The molecule has 1 N–H and O–H groups in total. The first kappa shape index (κ1) is 23.0. The van der Waals surface area contributed by atoms with Crippen LogP contribution in [0.3, 0.4) is 0 Å². The van der Waals surface area contributed by atoms with Crippen LogP contribution in [0, 0.1) is 0 Å². The molecule has 4 aromatic rings. The Morgan fingerprint density at radius 1 is 1.11 bits per heavy atom. The summed E-state index contributed by atoms with van der Waals surface area (Å²) in [5.41, 5.74) is 6.35. The summed E-state index contributed by atoms with van der Waals surface area (Å²) in [5, 5.41) is 4.63. The van der Waals surface area contributed by atoms with E-state index in [-0.39, 0.29) is 30.3 Å². The molecule has 37 heavy (non-hydrogen) atoms. The second-order valence-electron chi connectivity index (χ2n) is 9.82. The van der Waals surface area contributed by atoms with Crippen LogP contribution in [0.5, 0.6) is 5.75 Å². The van der Waals surface area contributed by atoms with Crippen molar-refractivity contribution in [3.05, 3.63) is 101 Å². The van der Waals surface area contributed by atoms with Crippen LogP contribution >= 0.6 is 0 Å². The number of carbonyl (C=O) groups is 2. The number of imide groups is 1. The number of hydrogen-bond donors (Lipinski definition) is 1. The van der Waals surface area contributed by atoms with Gasteiger partial charge in [0.2, 0.25) is 5.91 Å². The van der Waals surface area contributed by atoms with E-state index in [0.717, 1.165) is 44.9 Å². The van der Waals surface area contributed by atoms with E-state index >= 15 is 0 Å². The molecule has 2 aliphatic rings. The molecule has 0 saturated heterocycles. The van der Waals surface area contributed by atoms with Gasteiger partial charge in [0.25, 0.3) is 5.91 Å². The molecule has 186 valence electrons. The Bertz CT molecular complexity index is 1550. The summed E-state index contributed by atoms with van der Waals surface area (Å²) in [6, 6.07) is 20.1. The monoisotopic (exact) mass is 492 g/mol. The maximum atomic E-state index is 13.6. The Kier molecular flexibility index (Phi) is 5.56. The Hall–Kier alpha value is -4.39. The van der Waals surface area contributed by atoms with E-state index < -0.39 is 0 Å². The number of carbonyl (C=O) groups excluding carboxylic acids is 2. The van der Waals surface area contributed by atoms with Gasteiger partial charge in [0.15, 0.2) is 0 Å². The standard InChI is InChI=1S/C30H28N4O3/c1-18(2)33-15-23-27(20-10-12-22(13-11-20)37-17-21-7-4-5-14-31-21)29-25(16-34(19(3)35)30(29)36)32-24-8-6-9-26(33)28(23)24/h4-15,18,27,32H,16-17H2,1-3H3. The van der Waals surface area contributed by atoms with Gasteiger partial charge in [-0.2, -0.15) is 0 Å². The van der Waals surface area contributed by atoms with Crippen molar-refractivity contribution in [3.8, 4) is 5.75 Å². The molecule has 0 fully saturated rings. The number of rotatable bonds is 5. The van der Waals surface area contributed by atoms with Crippen molar-refractivity contribution in [1.82, 2.24) is 14.5 Å². The third-order valence-corrected chi connectivity index (χ3v) is 7.15. The minimum Gasteiger partial charge on any atom is -0.487 e. The van der Waals surface area contributed by atoms with E-state index in [0.29, 0.717) is 12.2 Å². The average Bonchev–Trinajstić information content (AvgIpc) is 3.39. The molecular weight excluding hydrogens is 464 g/mol. The highest BCUT2D eigenvalue weighted by Gasteiger charge is 2.41. The Morgan fingerprint density at radius 3 is 2.62 bits per heavy atom. The van der Waals surface area contributed by atoms with Crippen LogP contribution in [0.15, 0.2) is 84.3 Å². The predicted octanol–water partition coefficient (Wildman–Crippen LogP) is 5.40. The fourth-order valence-electron chi connectivity index (χ4n) is 5.40. The molecule has 4 heterocycles. The summed E-state index contributed by atoms with van der Waals surface area (Å²) >= 11 is 0. The molecule has 0 aliphatic carbocycles. The first-order valence-corrected chi connectivity index (χ1v) is 12.5. The zero-order chi connectivity index (χ0) is 25.7. The lowest BCUT2D eigenvalue weighted by Gasteiger charge is -2.20. The topological polar surface area (TPSA) is 76.5 Å². The summed E-state index contributed by atoms with van der Waals surface area (Å²) in [4.78, 5) is 31.6. The number of benzene rings is 2. The minimum atomic E-state index is -0.324. The van der Waals surface area contributed by atoms with Crippen molar-refractivity contribution >= 4 is 28.4 Å². The lowest BCUT2D eigenvalue weighted by Crippen LogP contribution is -2.33. The van der Waals surface area contributed by atoms with Crippen molar-refractivity contribution in [3.63, 3.8) is 0 Å². The van der Waals surface area contributed by atoms with E-state index in [1.807, 2.05) is 54.6 Å². The van der Waals surface area contributed by atoms with E-state index in [9.17, 15) is 9.59 Å². The molecule has 0 bridgehead atoms. The zero-order valence-corrected chi connectivity index (χ0v) is 21.1. The largest absolute Gasteiger partial charge is 0.487 e. The number of nitrogens with one attached hydrogen (secondary N) is 1. The molecule has 2 aromatic heterocycles. The van der Waals surface area contributed by atoms with E-state index in [4.69, 9.17) is 4.74 Å². The van der Waals surface area contributed by atoms with Crippen LogP contribution in [-0.4, -0.2) is 32.8 Å². The van der Waals surface area contributed by atoms with Gasteiger partial charge in [0.1, 0.15) is 12.4 Å². The second-order valence-corrected chi connectivity index (χ2v) is 9.82. The number of pyridine rings is 1. The van der Waals surface area contributed by atoms with Gasteiger partial charge >= 0.3 is 0 Å². The Labute approximate surface area is 215 Å². The molecule has 0 saturated carbocycles. The molecule has 1 unspecified atom stereocenters. The number of hydrogen-bond acceptors (Lipinski definition) is 5. The number of ether oxygens (including phenoxy) is 1. The second kappa shape index (κ2) is 8.92. The maximum absolute atomic E-state index is 13.6. The first-order chi connectivity index (χ1) is 17.9. The summed E-state index contributed by atoms with van der Waals surface area (Å²) in [7, 11) is 0. The number of aromatic nitrogens is 2. The van der Waals surface area contributed by atoms with Crippen LogP contribution < -0.4 is 10.1 Å². The molecule has 2 amide bonds. The maximum Gasteiger partial charge on any atom is 0.259 e. The lowest BCUT2D eigenvalue weighted by molar-refractivity contribution is -0.139. The van der Waals surface area contributed by atoms with Crippen molar-refractivity contribution in [1.29, 1.82) is 0 Å². The van der Waals surface area contributed by atoms with Crippen molar-refractivity contribution in [2.24, 2.45) is 0 Å². The van der Waals surface area contributed by atoms with Gasteiger partial charge in [-0.15, -0.1) is 0 Å². The van der Waals surface area contributed by atoms with E-state index in [1.165, 1.54) is 11.8 Å². The summed E-state index contributed by atoms with van der Waals surface area (Å²) in [6.45, 7) is 6.37. The smallest absolute Gasteiger partial charge is 0.259 e. The van der Waals surface area contributed by atoms with Gasteiger partial charge < -0.3 is 14.6 Å². The molecule has 6 rings (SSSR count). The fourth-order valence-corrected chi connectivity index (χ4v) is 5.40. The molecule has 2 aliphatic heterocycles. The zero-order valence-electron chi connectivity index (χ0n) is 21.1. The number of anilines is 1. The summed E-state index contributed by atoms with van der Waals surface area (Å²) < 4.78 is 8.20. The van der Waals surface area contributed by atoms with Crippen LogP contribution in [0.1, 0.15) is 49.6 Å². The molecule has 0 radical (unpaired) electrons. The van der Waals surface area contributed by atoms with Gasteiger partial charge in [-0.05, 0) is 61.4 Å². The lowest BCUT2D eigenvalue weighted by atomic mass is 9.84. The first-order valence-electron chi connectivity index (χ1n) is 12.5. The van der Waals surface area contributed by atoms with Gasteiger partial charge in [-0.25, -0.2) is 0 Å². The Morgan fingerprint density at radius 2 is 1.92 bits per heavy atom. The van der Waals surface area contributed by atoms with E-state index in [2.05, 4.69) is 41.0 Å². The van der Waals surface area contributed by atoms with Gasteiger partial charge in [-0.1, -0.05) is 24.3 Å². The van der Waals surface area contributed by atoms with Crippen molar-refractivity contribution in [2.75, 3.05) is 11.9 Å². The van der Waals surface area contributed by atoms with Crippen LogP contribution in [0.25, 0.3) is 10.9 Å². The molecule has 7 heteroatoms. The number of nitrogens with zero attached hydrogens (tertiary/aromatic N) is 3. The van der Waals surface area contributed by atoms with Crippen molar-refractivity contribution < 1.29 is 14.3 Å². The Balaban J connectivity index is 1.45. The molecule has 7 nitrogen and oxygen atoms in total. The minimum absolute atomic E-state index is 0.242. The van der Waals surface area contributed by atoms with E-state index in [1.54, 1.807) is 6.20 Å². The molecule has 0 spiro atoms. The fraction of sp³-hybridized carbons (Fsp3) is 0.233.